The zero-order valence-corrected chi connectivity index (χ0v) is 16.1. The molecule has 1 aliphatic rings. The maximum absolute atomic E-state index is 12.8. The van der Waals surface area contributed by atoms with Crippen LogP contribution < -0.4 is 14.8 Å². The van der Waals surface area contributed by atoms with Crippen LogP contribution in [0, 0.1) is 0 Å². The van der Waals surface area contributed by atoms with Gasteiger partial charge in [-0.25, -0.2) is 9.97 Å². The van der Waals surface area contributed by atoms with E-state index in [1.165, 1.54) is 5.56 Å². The lowest BCUT2D eigenvalue weighted by Crippen LogP contribution is -2.36. The van der Waals surface area contributed by atoms with Crippen molar-refractivity contribution in [3.63, 3.8) is 0 Å². The summed E-state index contributed by atoms with van der Waals surface area (Å²) in [7, 11) is 3.24. The average molecular weight is 370 g/mol. The standard InChI is InChI=1S/C20H26N4O3/c1-4-5-7-21-20-22-11-16(12-23-20)19(25)24-8-6-14-9-17(26-2)18(27-3)10-15(14)13-24/h9-12H,4-8,13H2,1-3H3,(H,21,22,23). The summed E-state index contributed by atoms with van der Waals surface area (Å²) >= 11 is 0. The Morgan fingerprint density at radius 1 is 1.15 bits per heavy atom. The molecule has 0 spiro atoms. The van der Waals surface area contributed by atoms with E-state index in [0.717, 1.165) is 37.1 Å². The van der Waals surface area contributed by atoms with Crippen molar-refractivity contribution in [1.82, 2.24) is 14.9 Å². The normalized spacial score (nSPS) is 13.1. The Kier molecular flexibility index (Phi) is 6.11. The Morgan fingerprint density at radius 2 is 1.81 bits per heavy atom. The predicted octanol–water partition coefficient (Wildman–Crippen LogP) is 2.90. The van der Waals surface area contributed by atoms with E-state index in [1.807, 2.05) is 17.0 Å². The second-order valence-corrected chi connectivity index (χ2v) is 6.53. The number of nitrogens with zero attached hydrogens (tertiary/aromatic N) is 3. The minimum Gasteiger partial charge on any atom is -0.493 e. The van der Waals surface area contributed by atoms with Crippen molar-refractivity contribution in [2.24, 2.45) is 0 Å². The monoisotopic (exact) mass is 370 g/mol. The van der Waals surface area contributed by atoms with E-state index in [0.29, 0.717) is 30.4 Å². The second kappa shape index (κ2) is 8.70. The Bertz CT molecular complexity index is 793. The number of aromatic nitrogens is 2. The van der Waals surface area contributed by atoms with Gasteiger partial charge in [0.2, 0.25) is 5.95 Å². The fourth-order valence-corrected chi connectivity index (χ4v) is 3.15. The molecule has 0 unspecified atom stereocenters. The molecule has 0 aliphatic carbocycles. The molecule has 1 aromatic heterocycles. The molecule has 3 rings (SSSR count). The summed E-state index contributed by atoms with van der Waals surface area (Å²) < 4.78 is 10.7. The maximum atomic E-state index is 12.8. The number of unbranched alkanes of at least 4 members (excludes halogenated alkanes) is 1. The van der Waals surface area contributed by atoms with Gasteiger partial charge in [0.05, 0.1) is 19.8 Å². The van der Waals surface area contributed by atoms with Gasteiger partial charge in [0.15, 0.2) is 11.5 Å². The molecular weight excluding hydrogens is 344 g/mol. The van der Waals surface area contributed by atoms with Crippen molar-refractivity contribution in [2.75, 3.05) is 32.6 Å². The number of amides is 1. The SMILES string of the molecule is CCCCNc1ncc(C(=O)N2CCc3cc(OC)c(OC)cc3C2)cn1. The van der Waals surface area contributed by atoms with E-state index in [-0.39, 0.29) is 5.91 Å². The van der Waals surface area contributed by atoms with E-state index in [1.54, 1.807) is 26.6 Å². The molecule has 7 nitrogen and oxygen atoms in total. The molecule has 0 fully saturated rings. The van der Waals surface area contributed by atoms with Crippen molar-refractivity contribution in [2.45, 2.75) is 32.7 Å². The van der Waals surface area contributed by atoms with Crippen LogP contribution in [0.3, 0.4) is 0 Å². The van der Waals surface area contributed by atoms with Crippen LogP contribution >= 0.6 is 0 Å². The summed E-state index contributed by atoms with van der Waals surface area (Å²) in [5.74, 6) is 1.89. The van der Waals surface area contributed by atoms with Crippen molar-refractivity contribution >= 4 is 11.9 Å². The Morgan fingerprint density at radius 3 is 2.44 bits per heavy atom. The molecule has 27 heavy (non-hydrogen) atoms. The largest absolute Gasteiger partial charge is 0.493 e. The minimum atomic E-state index is -0.0597. The van der Waals surface area contributed by atoms with Gasteiger partial charge >= 0.3 is 0 Å². The van der Waals surface area contributed by atoms with E-state index in [9.17, 15) is 4.79 Å². The van der Waals surface area contributed by atoms with Crippen LogP contribution in [0.2, 0.25) is 0 Å². The number of methoxy groups -OCH3 is 2. The van der Waals surface area contributed by atoms with Gasteiger partial charge in [0.1, 0.15) is 0 Å². The molecule has 7 heteroatoms. The Balaban J connectivity index is 1.70. The van der Waals surface area contributed by atoms with Crippen LogP contribution in [0.25, 0.3) is 0 Å². The number of ether oxygens (including phenoxy) is 2. The zero-order valence-electron chi connectivity index (χ0n) is 16.1. The number of carbonyl (C=O) groups excluding carboxylic acids is 1. The first-order valence-electron chi connectivity index (χ1n) is 9.25. The van der Waals surface area contributed by atoms with Gasteiger partial charge in [-0.05, 0) is 36.1 Å². The lowest BCUT2D eigenvalue weighted by atomic mass is 9.98. The Labute approximate surface area is 159 Å². The lowest BCUT2D eigenvalue weighted by Gasteiger charge is -2.29. The summed E-state index contributed by atoms with van der Waals surface area (Å²) in [6, 6.07) is 3.95. The van der Waals surface area contributed by atoms with Crippen LogP contribution in [0.5, 0.6) is 11.5 Å². The van der Waals surface area contributed by atoms with E-state index in [2.05, 4.69) is 22.2 Å². The van der Waals surface area contributed by atoms with Gasteiger partial charge < -0.3 is 19.7 Å². The van der Waals surface area contributed by atoms with E-state index in [4.69, 9.17) is 9.47 Å². The molecule has 0 saturated carbocycles. The van der Waals surface area contributed by atoms with Crippen molar-refractivity contribution in [1.29, 1.82) is 0 Å². The highest BCUT2D eigenvalue weighted by atomic mass is 16.5. The Hall–Kier alpha value is -2.83. The molecule has 144 valence electrons. The molecule has 2 aromatic rings. The number of benzene rings is 1. The third-order valence-electron chi connectivity index (χ3n) is 4.72. The molecular formula is C20H26N4O3. The van der Waals surface area contributed by atoms with Crippen LogP contribution in [0.1, 0.15) is 41.3 Å². The predicted molar refractivity (Wildman–Crippen MR) is 103 cm³/mol. The van der Waals surface area contributed by atoms with E-state index < -0.39 is 0 Å². The van der Waals surface area contributed by atoms with Crippen LogP contribution in [0.4, 0.5) is 5.95 Å². The van der Waals surface area contributed by atoms with Gasteiger partial charge in [-0.1, -0.05) is 13.3 Å². The first-order chi connectivity index (χ1) is 13.2. The zero-order chi connectivity index (χ0) is 19.2. The van der Waals surface area contributed by atoms with Gasteiger partial charge in [-0.15, -0.1) is 0 Å². The quantitative estimate of drug-likeness (QED) is 0.755. The van der Waals surface area contributed by atoms with Gasteiger partial charge in [-0.3, -0.25) is 4.79 Å². The van der Waals surface area contributed by atoms with Crippen LogP contribution in [-0.2, 0) is 13.0 Å². The maximum Gasteiger partial charge on any atom is 0.257 e. The number of hydrogen-bond donors (Lipinski definition) is 1. The fraction of sp³-hybridized carbons (Fsp3) is 0.450. The van der Waals surface area contributed by atoms with Crippen molar-refractivity contribution in [3.8, 4) is 11.5 Å². The molecule has 0 saturated heterocycles. The molecule has 0 bridgehead atoms. The highest BCUT2D eigenvalue weighted by molar-refractivity contribution is 5.93. The van der Waals surface area contributed by atoms with Gasteiger partial charge in [0.25, 0.3) is 5.91 Å². The topological polar surface area (TPSA) is 76.6 Å². The van der Waals surface area contributed by atoms with Crippen LogP contribution in [0.15, 0.2) is 24.5 Å². The highest BCUT2D eigenvalue weighted by Gasteiger charge is 2.24. The van der Waals surface area contributed by atoms with Crippen molar-refractivity contribution < 1.29 is 14.3 Å². The summed E-state index contributed by atoms with van der Waals surface area (Å²) in [4.78, 5) is 23.2. The highest BCUT2D eigenvalue weighted by Crippen LogP contribution is 2.33. The number of carbonyl (C=O) groups is 1. The average Bonchev–Trinajstić information content (AvgIpc) is 2.72. The summed E-state index contributed by atoms with van der Waals surface area (Å²) in [5, 5.41) is 3.15. The number of nitrogens with one attached hydrogen (secondary N) is 1. The molecule has 0 atom stereocenters. The second-order valence-electron chi connectivity index (χ2n) is 6.53. The fourth-order valence-electron chi connectivity index (χ4n) is 3.15. The molecule has 1 N–H and O–H groups in total. The minimum absolute atomic E-state index is 0.0597. The summed E-state index contributed by atoms with van der Waals surface area (Å²) in [6.45, 7) is 4.15. The summed E-state index contributed by atoms with van der Waals surface area (Å²) in [5.41, 5.74) is 2.76. The first-order valence-corrected chi connectivity index (χ1v) is 9.25. The molecule has 2 heterocycles. The number of rotatable bonds is 7. The number of hydrogen-bond acceptors (Lipinski definition) is 6. The summed E-state index contributed by atoms with van der Waals surface area (Å²) in [6.07, 6.45) is 6.13. The molecule has 1 aromatic carbocycles. The first kappa shape index (κ1) is 18.9. The molecule has 1 amide bonds. The molecule has 1 aliphatic heterocycles. The van der Waals surface area contributed by atoms with E-state index >= 15 is 0 Å². The smallest absolute Gasteiger partial charge is 0.257 e. The van der Waals surface area contributed by atoms with Crippen molar-refractivity contribution in [3.05, 3.63) is 41.2 Å². The lowest BCUT2D eigenvalue weighted by molar-refractivity contribution is 0.0733. The van der Waals surface area contributed by atoms with Crippen LogP contribution in [-0.4, -0.2) is 48.1 Å². The number of fused-ring (bicyclic) bond motifs is 1. The third-order valence-corrected chi connectivity index (χ3v) is 4.72. The van der Waals surface area contributed by atoms with Gasteiger partial charge in [-0.2, -0.15) is 0 Å². The molecule has 0 radical (unpaired) electrons. The third kappa shape index (κ3) is 4.30. The van der Waals surface area contributed by atoms with Gasteiger partial charge in [0, 0.05) is 32.0 Å². The number of anilines is 1.